The van der Waals surface area contributed by atoms with E-state index in [0.29, 0.717) is 12.4 Å². The van der Waals surface area contributed by atoms with Crippen LogP contribution >= 0.6 is 0 Å². The molecule has 2 aliphatic rings. The van der Waals surface area contributed by atoms with Gasteiger partial charge in [-0.05, 0) is 49.9 Å². The standard InChI is InChI=1S/C22H26N4O4/c1-29-18-8-4-17(5-9-18)26-14-15(12-21(26)27)22(28)25-16-2-6-19(7-3-16)30-20-13-23-10-11-24-20/h4-5,8-11,13,15-16,19H,2-3,6-7,12,14H2,1H3,(H,25,28). The normalized spacial score (nSPS) is 23.8. The molecule has 4 rings (SSSR count). The van der Waals surface area contributed by atoms with Crippen LogP contribution in [0.3, 0.4) is 0 Å². The maximum absolute atomic E-state index is 12.7. The quantitative estimate of drug-likeness (QED) is 0.786. The van der Waals surface area contributed by atoms with Crippen LogP contribution in [0.4, 0.5) is 5.69 Å². The second kappa shape index (κ2) is 9.11. The Balaban J connectivity index is 1.26. The molecule has 0 radical (unpaired) electrons. The summed E-state index contributed by atoms with van der Waals surface area (Å²) in [5, 5.41) is 3.13. The number of nitrogens with one attached hydrogen (secondary N) is 1. The zero-order valence-corrected chi connectivity index (χ0v) is 17.0. The molecule has 1 saturated carbocycles. The van der Waals surface area contributed by atoms with Crippen molar-refractivity contribution in [3.8, 4) is 11.6 Å². The van der Waals surface area contributed by atoms with Crippen LogP contribution in [0.2, 0.25) is 0 Å². The van der Waals surface area contributed by atoms with Crippen LogP contribution in [-0.4, -0.2) is 47.6 Å². The summed E-state index contributed by atoms with van der Waals surface area (Å²) in [7, 11) is 1.60. The molecule has 0 spiro atoms. The highest BCUT2D eigenvalue weighted by atomic mass is 16.5. The first-order chi connectivity index (χ1) is 14.6. The van der Waals surface area contributed by atoms with Crippen LogP contribution in [0.15, 0.2) is 42.9 Å². The van der Waals surface area contributed by atoms with Crippen LogP contribution in [0.1, 0.15) is 32.1 Å². The number of nitrogens with zero attached hydrogens (tertiary/aromatic N) is 3. The largest absolute Gasteiger partial charge is 0.497 e. The molecule has 0 bridgehead atoms. The minimum absolute atomic E-state index is 0.0265. The summed E-state index contributed by atoms with van der Waals surface area (Å²) in [6, 6.07) is 7.43. The van der Waals surface area contributed by atoms with E-state index in [0.717, 1.165) is 37.1 Å². The van der Waals surface area contributed by atoms with Crippen molar-refractivity contribution < 1.29 is 19.1 Å². The summed E-state index contributed by atoms with van der Waals surface area (Å²) in [6.07, 6.45) is 8.56. The molecule has 1 N–H and O–H groups in total. The summed E-state index contributed by atoms with van der Waals surface area (Å²) in [4.78, 5) is 35.0. The zero-order chi connectivity index (χ0) is 20.9. The lowest BCUT2D eigenvalue weighted by Crippen LogP contribution is -2.43. The third kappa shape index (κ3) is 4.69. The highest BCUT2D eigenvalue weighted by Gasteiger charge is 2.36. The SMILES string of the molecule is COc1ccc(N2CC(C(=O)NC3CCC(Oc4cnccn4)CC3)CC2=O)cc1. The minimum Gasteiger partial charge on any atom is -0.497 e. The first-order valence-electron chi connectivity index (χ1n) is 10.3. The topological polar surface area (TPSA) is 93.7 Å². The third-order valence-electron chi connectivity index (χ3n) is 5.73. The summed E-state index contributed by atoms with van der Waals surface area (Å²) in [6.45, 7) is 0.405. The minimum atomic E-state index is -0.326. The van der Waals surface area contributed by atoms with Gasteiger partial charge in [-0.2, -0.15) is 0 Å². The molecule has 1 saturated heterocycles. The molecule has 30 heavy (non-hydrogen) atoms. The molecule has 8 nitrogen and oxygen atoms in total. The van der Waals surface area contributed by atoms with E-state index in [2.05, 4.69) is 15.3 Å². The van der Waals surface area contributed by atoms with Gasteiger partial charge in [0.2, 0.25) is 17.7 Å². The summed E-state index contributed by atoms with van der Waals surface area (Å²) in [5.74, 6) is 0.874. The fourth-order valence-electron chi connectivity index (χ4n) is 4.06. The third-order valence-corrected chi connectivity index (χ3v) is 5.73. The fraction of sp³-hybridized carbons (Fsp3) is 0.455. The number of aromatic nitrogens is 2. The molecule has 158 valence electrons. The highest BCUT2D eigenvalue weighted by Crippen LogP contribution is 2.28. The number of anilines is 1. The van der Waals surface area contributed by atoms with E-state index in [-0.39, 0.29) is 36.3 Å². The lowest BCUT2D eigenvalue weighted by molar-refractivity contribution is -0.127. The van der Waals surface area contributed by atoms with Crippen molar-refractivity contribution in [2.24, 2.45) is 5.92 Å². The number of benzene rings is 1. The molecule has 2 amide bonds. The number of rotatable bonds is 6. The van der Waals surface area contributed by atoms with Crippen molar-refractivity contribution in [3.63, 3.8) is 0 Å². The van der Waals surface area contributed by atoms with Crippen molar-refractivity contribution in [1.82, 2.24) is 15.3 Å². The number of carbonyl (C=O) groups excluding carboxylic acids is 2. The summed E-state index contributed by atoms with van der Waals surface area (Å²) in [5.41, 5.74) is 0.790. The van der Waals surface area contributed by atoms with E-state index in [9.17, 15) is 9.59 Å². The number of hydrogen-bond acceptors (Lipinski definition) is 6. The Morgan fingerprint density at radius 1 is 1.13 bits per heavy atom. The van der Waals surface area contributed by atoms with Crippen LogP contribution in [0.25, 0.3) is 0 Å². The predicted molar refractivity (Wildman–Crippen MR) is 110 cm³/mol. The molecule has 1 atom stereocenters. The van der Waals surface area contributed by atoms with Crippen LogP contribution in [-0.2, 0) is 9.59 Å². The zero-order valence-electron chi connectivity index (χ0n) is 17.0. The van der Waals surface area contributed by atoms with E-state index in [1.165, 1.54) is 0 Å². The number of carbonyl (C=O) groups is 2. The maximum Gasteiger partial charge on any atom is 0.232 e. The molecule has 1 aliphatic carbocycles. The van der Waals surface area contributed by atoms with Crippen molar-refractivity contribution in [2.75, 3.05) is 18.6 Å². The highest BCUT2D eigenvalue weighted by molar-refractivity contribution is 6.00. The number of ether oxygens (including phenoxy) is 2. The summed E-state index contributed by atoms with van der Waals surface area (Å²) < 4.78 is 11.0. The van der Waals surface area contributed by atoms with Crippen molar-refractivity contribution in [2.45, 2.75) is 44.2 Å². The maximum atomic E-state index is 12.7. The van der Waals surface area contributed by atoms with E-state index in [4.69, 9.17) is 9.47 Å². The van der Waals surface area contributed by atoms with Gasteiger partial charge < -0.3 is 19.7 Å². The Morgan fingerprint density at radius 2 is 1.90 bits per heavy atom. The van der Waals surface area contributed by atoms with Gasteiger partial charge in [0.1, 0.15) is 11.9 Å². The monoisotopic (exact) mass is 410 g/mol. The van der Waals surface area contributed by atoms with E-state index in [1.54, 1.807) is 30.6 Å². The van der Waals surface area contributed by atoms with Crippen LogP contribution < -0.4 is 19.7 Å². The molecular formula is C22H26N4O4. The van der Waals surface area contributed by atoms with E-state index < -0.39 is 0 Å². The molecule has 2 fully saturated rings. The van der Waals surface area contributed by atoms with Gasteiger partial charge in [-0.15, -0.1) is 0 Å². The molecule has 8 heteroatoms. The smallest absolute Gasteiger partial charge is 0.232 e. The lowest BCUT2D eigenvalue weighted by Gasteiger charge is -2.29. The molecule has 1 aromatic heterocycles. The fourth-order valence-corrected chi connectivity index (χ4v) is 4.06. The first-order valence-corrected chi connectivity index (χ1v) is 10.3. The average Bonchev–Trinajstić information content (AvgIpc) is 3.18. The molecule has 1 aliphatic heterocycles. The van der Waals surface area contributed by atoms with Crippen LogP contribution in [0, 0.1) is 5.92 Å². The summed E-state index contributed by atoms with van der Waals surface area (Å²) >= 11 is 0. The Labute approximate surface area is 175 Å². The van der Waals surface area contributed by atoms with Gasteiger partial charge >= 0.3 is 0 Å². The Bertz CT molecular complexity index is 866. The van der Waals surface area contributed by atoms with Gasteiger partial charge in [0.25, 0.3) is 0 Å². The Kier molecular flexibility index (Phi) is 6.11. The molecule has 1 aromatic carbocycles. The van der Waals surface area contributed by atoms with Crippen molar-refractivity contribution >= 4 is 17.5 Å². The Hall–Kier alpha value is -3.16. The van der Waals surface area contributed by atoms with Gasteiger partial charge in [-0.3, -0.25) is 14.6 Å². The van der Waals surface area contributed by atoms with Crippen molar-refractivity contribution in [3.05, 3.63) is 42.9 Å². The van der Waals surface area contributed by atoms with Gasteiger partial charge in [0.15, 0.2) is 0 Å². The van der Waals surface area contributed by atoms with Gasteiger partial charge in [-0.1, -0.05) is 0 Å². The van der Waals surface area contributed by atoms with Crippen LogP contribution in [0.5, 0.6) is 11.6 Å². The molecular weight excluding hydrogens is 384 g/mol. The van der Waals surface area contributed by atoms with E-state index in [1.807, 2.05) is 24.3 Å². The van der Waals surface area contributed by atoms with E-state index >= 15 is 0 Å². The molecule has 2 heterocycles. The average molecular weight is 410 g/mol. The second-order valence-electron chi connectivity index (χ2n) is 7.75. The number of methoxy groups -OCH3 is 1. The van der Waals surface area contributed by atoms with Gasteiger partial charge in [0.05, 0.1) is 19.2 Å². The molecule has 1 unspecified atom stereocenters. The molecule has 2 aromatic rings. The number of hydrogen-bond donors (Lipinski definition) is 1. The first kappa shape index (κ1) is 20.1. The van der Waals surface area contributed by atoms with Gasteiger partial charge in [0, 0.05) is 37.1 Å². The predicted octanol–water partition coefficient (Wildman–Crippen LogP) is 2.34. The van der Waals surface area contributed by atoms with Gasteiger partial charge in [-0.25, -0.2) is 4.98 Å². The second-order valence-corrected chi connectivity index (χ2v) is 7.75. The van der Waals surface area contributed by atoms with Crippen molar-refractivity contribution in [1.29, 1.82) is 0 Å². The number of amides is 2. The Morgan fingerprint density at radius 3 is 2.57 bits per heavy atom. The lowest BCUT2D eigenvalue weighted by atomic mass is 9.92.